The van der Waals surface area contributed by atoms with E-state index in [0.29, 0.717) is 38.6 Å². The summed E-state index contributed by atoms with van der Waals surface area (Å²) in [5.41, 5.74) is 3.19. The van der Waals surface area contributed by atoms with Gasteiger partial charge in [-0.05, 0) is 66.8 Å². The Bertz CT molecular complexity index is 1540. The van der Waals surface area contributed by atoms with Gasteiger partial charge in [0.05, 0.1) is 35.1 Å². The first-order valence-corrected chi connectivity index (χ1v) is 13.1. The molecule has 0 radical (unpaired) electrons. The Morgan fingerprint density at radius 2 is 1.90 bits per heavy atom. The van der Waals surface area contributed by atoms with Gasteiger partial charge in [0.2, 0.25) is 5.91 Å². The number of nitrogens with zero attached hydrogens (tertiary/aromatic N) is 2. The summed E-state index contributed by atoms with van der Waals surface area (Å²) in [4.78, 5) is 30.3. The van der Waals surface area contributed by atoms with Crippen LogP contribution in [-0.4, -0.2) is 42.8 Å². The average Bonchev–Trinajstić information content (AvgIpc) is 3.59. The molecule has 0 saturated carbocycles. The maximum atomic E-state index is 12.0. The number of thiocarbonyl (C=S) groups is 1. The highest BCUT2D eigenvalue weighted by atomic mass is 35.5. The maximum Gasteiger partial charge on any atom is 0.337 e. The molecule has 2 aromatic carbocycles. The largest absolute Gasteiger partial charge is 0.465 e. The molecule has 2 aromatic heterocycles. The minimum Gasteiger partial charge on any atom is -0.465 e. The van der Waals surface area contributed by atoms with Gasteiger partial charge in [-0.15, -0.1) is 0 Å². The number of carbonyl (C=O) groups excluding carboxylic acids is 2. The first kappa shape index (κ1) is 27.3. The van der Waals surface area contributed by atoms with Crippen LogP contribution in [0.15, 0.2) is 83.4 Å². The summed E-state index contributed by atoms with van der Waals surface area (Å²) >= 11 is 12.3. The van der Waals surface area contributed by atoms with E-state index in [1.165, 1.54) is 14.2 Å². The number of aromatic nitrogens is 1. The van der Waals surface area contributed by atoms with Gasteiger partial charge in [-0.25, -0.2) is 4.79 Å². The van der Waals surface area contributed by atoms with Crippen molar-refractivity contribution in [2.24, 2.45) is 0 Å². The second-order valence-corrected chi connectivity index (χ2v) is 9.71. The highest BCUT2D eigenvalue weighted by Crippen LogP contribution is 2.44. The van der Waals surface area contributed by atoms with Crippen LogP contribution in [0.3, 0.4) is 0 Å². The van der Waals surface area contributed by atoms with Crippen molar-refractivity contribution in [3.63, 3.8) is 0 Å². The predicted molar refractivity (Wildman–Crippen MR) is 155 cm³/mol. The van der Waals surface area contributed by atoms with E-state index in [1.807, 2.05) is 41.3 Å². The van der Waals surface area contributed by atoms with Gasteiger partial charge in [-0.1, -0.05) is 29.8 Å². The fraction of sp³-hybridized carbons (Fsp3) is 0.172. The van der Waals surface area contributed by atoms with E-state index < -0.39 is 12.0 Å². The minimum atomic E-state index is -0.408. The number of furan rings is 1. The van der Waals surface area contributed by atoms with Crippen molar-refractivity contribution in [1.82, 2.24) is 10.3 Å². The van der Waals surface area contributed by atoms with Gasteiger partial charge in [0.25, 0.3) is 0 Å². The van der Waals surface area contributed by atoms with Crippen molar-refractivity contribution < 1.29 is 23.5 Å². The molecule has 5 rings (SSSR count). The molecule has 2 atom stereocenters. The summed E-state index contributed by atoms with van der Waals surface area (Å²) in [5, 5.41) is 6.92. The number of pyridine rings is 1. The summed E-state index contributed by atoms with van der Waals surface area (Å²) in [7, 11) is 2.79. The molecule has 1 saturated heterocycles. The van der Waals surface area contributed by atoms with E-state index >= 15 is 0 Å². The first-order chi connectivity index (χ1) is 19.4. The van der Waals surface area contributed by atoms with Crippen molar-refractivity contribution in [3.8, 4) is 11.3 Å². The molecule has 40 heavy (non-hydrogen) atoms. The van der Waals surface area contributed by atoms with Crippen molar-refractivity contribution in [3.05, 3.63) is 101 Å². The molecule has 9 nitrogen and oxygen atoms in total. The molecule has 1 aliphatic rings. The normalized spacial score (nSPS) is 16.5. The first-order valence-electron chi connectivity index (χ1n) is 12.3. The van der Waals surface area contributed by atoms with Gasteiger partial charge in [0.1, 0.15) is 24.2 Å². The molecule has 2 N–H and O–H groups in total. The van der Waals surface area contributed by atoms with Crippen LogP contribution in [0.5, 0.6) is 0 Å². The Balaban J connectivity index is 1.51. The third kappa shape index (κ3) is 5.55. The Kier molecular flexibility index (Phi) is 8.11. The van der Waals surface area contributed by atoms with E-state index in [0.717, 1.165) is 11.3 Å². The lowest BCUT2D eigenvalue weighted by molar-refractivity contribution is -0.119. The lowest BCUT2D eigenvalue weighted by atomic mass is 10.0. The fourth-order valence-electron chi connectivity index (χ4n) is 4.55. The zero-order chi connectivity index (χ0) is 28.2. The van der Waals surface area contributed by atoms with Crippen molar-refractivity contribution >= 4 is 52.2 Å². The number of esters is 1. The number of hydrogen-bond donors (Lipinski definition) is 2. The molecular formula is C29H25ClN4O5S. The van der Waals surface area contributed by atoms with Crippen molar-refractivity contribution in [2.45, 2.75) is 12.1 Å². The molecule has 1 amide bonds. The van der Waals surface area contributed by atoms with Crippen molar-refractivity contribution in [2.75, 3.05) is 31.0 Å². The van der Waals surface area contributed by atoms with Crippen LogP contribution in [0.2, 0.25) is 5.02 Å². The average molecular weight is 577 g/mol. The van der Waals surface area contributed by atoms with Gasteiger partial charge in [0.15, 0.2) is 5.11 Å². The number of ether oxygens (including phenoxy) is 2. The third-order valence-electron chi connectivity index (χ3n) is 6.39. The number of amides is 1. The Morgan fingerprint density at radius 3 is 2.58 bits per heavy atom. The highest BCUT2D eigenvalue weighted by molar-refractivity contribution is 7.80. The minimum absolute atomic E-state index is 0.0850. The number of benzene rings is 2. The van der Waals surface area contributed by atoms with Crippen LogP contribution in [0.25, 0.3) is 11.3 Å². The number of methoxy groups -OCH3 is 2. The van der Waals surface area contributed by atoms with E-state index in [1.54, 1.807) is 42.6 Å². The van der Waals surface area contributed by atoms with Gasteiger partial charge in [0, 0.05) is 24.6 Å². The zero-order valence-electron chi connectivity index (χ0n) is 21.6. The molecular weight excluding hydrogens is 552 g/mol. The Hall–Kier alpha value is -4.25. The summed E-state index contributed by atoms with van der Waals surface area (Å²) in [6, 6.07) is 21.0. The third-order valence-corrected chi connectivity index (χ3v) is 7.01. The number of carbonyl (C=O) groups is 2. The molecule has 11 heteroatoms. The standard InChI is InChI=1S/C29H25ClN4O5S/c1-37-16-25(35)32-21-11-10-19(15-20(21)30)34-27(26(33-29(34)40)22-5-3-4-14-31-22)24-13-12-23(39-24)17-6-8-18(9-7-17)28(36)38-2/h3-15,26-27H,16H2,1-2H3,(H,32,35)(H,33,40)/t26-,27-/m0/s1. The summed E-state index contributed by atoms with van der Waals surface area (Å²) < 4.78 is 16.0. The molecule has 1 aliphatic heterocycles. The van der Waals surface area contributed by atoms with E-state index in [-0.39, 0.29) is 18.6 Å². The topological polar surface area (TPSA) is 106 Å². The van der Waals surface area contributed by atoms with E-state index in [9.17, 15) is 9.59 Å². The number of nitrogens with one attached hydrogen (secondary N) is 2. The van der Waals surface area contributed by atoms with E-state index in [2.05, 4.69) is 15.6 Å². The maximum absolute atomic E-state index is 12.0. The quantitative estimate of drug-likeness (QED) is 0.206. The lowest BCUT2D eigenvalue weighted by Gasteiger charge is -2.26. The molecule has 0 bridgehead atoms. The number of hydrogen-bond acceptors (Lipinski definition) is 7. The van der Waals surface area contributed by atoms with Crippen LogP contribution in [-0.2, 0) is 14.3 Å². The Morgan fingerprint density at radius 1 is 1.10 bits per heavy atom. The van der Waals surface area contributed by atoms with Crippen LogP contribution in [0.4, 0.5) is 11.4 Å². The molecule has 4 aromatic rings. The zero-order valence-corrected chi connectivity index (χ0v) is 23.2. The number of anilines is 2. The van der Waals surface area contributed by atoms with Crippen LogP contribution >= 0.6 is 23.8 Å². The lowest BCUT2D eigenvalue weighted by Crippen LogP contribution is -2.29. The van der Waals surface area contributed by atoms with Gasteiger partial charge >= 0.3 is 5.97 Å². The van der Waals surface area contributed by atoms with E-state index in [4.69, 9.17) is 37.7 Å². The van der Waals surface area contributed by atoms with Crippen LogP contribution in [0.1, 0.15) is 33.9 Å². The summed E-state index contributed by atoms with van der Waals surface area (Å²) in [6.45, 7) is -0.0850. The fourth-order valence-corrected chi connectivity index (χ4v) is 5.12. The predicted octanol–water partition coefficient (Wildman–Crippen LogP) is 5.54. The Labute approximate surface area is 241 Å². The molecule has 1 fully saturated rings. The van der Waals surface area contributed by atoms with Crippen LogP contribution < -0.4 is 15.5 Å². The molecule has 0 aliphatic carbocycles. The SMILES string of the molecule is COCC(=O)Nc1ccc(N2C(=S)N[C@@H](c3ccccn3)[C@@H]2c2ccc(-c3ccc(C(=O)OC)cc3)o2)cc1Cl. The smallest absolute Gasteiger partial charge is 0.337 e. The second-order valence-electron chi connectivity index (χ2n) is 8.91. The summed E-state index contributed by atoms with van der Waals surface area (Å²) in [5.74, 6) is 0.544. The molecule has 3 heterocycles. The molecule has 0 spiro atoms. The highest BCUT2D eigenvalue weighted by Gasteiger charge is 2.42. The van der Waals surface area contributed by atoms with Crippen LogP contribution in [0, 0.1) is 0 Å². The van der Waals surface area contributed by atoms with Gasteiger partial charge < -0.3 is 29.4 Å². The van der Waals surface area contributed by atoms with Gasteiger partial charge in [-0.3, -0.25) is 9.78 Å². The van der Waals surface area contributed by atoms with Gasteiger partial charge in [-0.2, -0.15) is 0 Å². The molecule has 204 valence electrons. The number of halogens is 1. The number of rotatable bonds is 8. The van der Waals surface area contributed by atoms with Crippen molar-refractivity contribution in [1.29, 1.82) is 0 Å². The summed E-state index contributed by atoms with van der Waals surface area (Å²) in [6.07, 6.45) is 1.73. The molecule has 0 unspecified atom stereocenters. The second kappa shape index (κ2) is 11.9. The monoisotopic (exact) mass is 576 g/mol.